The number of hydrogen-bond donors (Lipinski definition) is 1. The molecule has 1 aliphatic carbocycles. The molecule has 10 heteroatoms. The number of ether oxygens (including phenoxy) is 3. The molecule has 2 N–H and O–H groups in total. The predicted molar refractivity (Wildman–Crippen MR) is 153 cm³/mol. The van der Waals surface area contributed by atoms with Gasteiger partial charge in [-0.2, -0.15) is 5.10 Å². The molecule has 1 aromatic carbocycles. The molecule has 212 valence electrons. The summed E-state index contributed by atoms with van der Waals surface area (Å²) in [7, 11) is 1.64. The van der Waals surface area contributed by atoms with Crippen molar-refractivity contribution in [1.29, 1.82) is 0 Å². The smallest absolute Gasteiger partial charge is 0.410 e. The number of nitrogen functional groups attached to an aromatic ring is 1. The van der Waals surface area contributed by atoms with E-state index in [2.05, 4.69) is 16.9 Å². The number of aromatic nitrogens is 4. The van der Waals surface area contributed by atoms with Gasteiger partial charge in [0.25, 0.3) is 0 Å². The van der Waals surface area contributed by atoms with Crippen LogP contribution in [0.3, 0.4) is 0 Å². The number of benzene rings is 1. The molecule has 0 radical (unpaired) electrons. The molecule has 3 heterocycles. The SMILES string of the molecule is CC/C=C(\C=C(/C)Oc1ccc(-c2nn(C3CC4CC3N(C(=O)OC(C)(C)C)C4)c3ncnc(N)c23)cc1)OC. The Bertz CT molecular complexity index is 1450. The molecule has 2 aromatic heterocycles. The molecule has 1 aliphatic heterocycles. The van der Waals surface area contributed by atoms with Crippen molar-refractivity contribution in [2.75, 3.05) is 19.4 Å². The molecule has 3 atom stereocenters. The lowest BCUT2D eigenvalue weighted by Gasteiger charge is -2.34. The van der Waals surface area contributed by atoms with Crippen LogP contribution in [0.1, 0.15) is 59.9 Å². The van der Waals surface area contributed by atoms with Gasteiger partial charge in [0.1, 0.15) is 40.7 Å². The predicted octanol–water partition coefficient (Wildman–Crippen LogP) is 5.87. The highest BCUT2D eigenvalue weighted by Crippen LogP contribution is 2.46. The number of allylic oxidation sites excluding steroid dienone is 3. The zero-order chi connectivity index (χ0) is 28.6. The summed E-state index contributed by atoms with van der Waals surface area (Å²) in [5, 5.41) is 5.73. The summed E-state index contributed by atoms with van der Waals surface area (Å²) in [4.78, 5) is 23.7. The Hall–Kier alpha value is -4.08. The Morgan fingerprint density at radius 1 is 1.15 bits per heavy atom. The van der Waals surface area contributed by atoms with Crippen molar-refractivity contribution < 1.29 is 19.0 Å². The van der Waals surface area contributed by atoms with Gasteiger partial charge in [-0.15, -0.1) is 0 Å². The maximum absolute atomic E-state index is 13.0. The first kappa shape index (κ1) is 27.5. The second kappa shape index (κ2) is 10.8. The number of hydrogen-bond acceptors (Lipinski definition) is 8. The van der Waals surface area contributed by atoms with Crippen LogP contribution in [0.25, 0.3) is 22.3 Å². The topological polar surface area (TPSA) is 118 Å². The number of amides is 1. The molecule has 3 unspecified atom stereocenters. The zero-order valence-corrected chi connectivity index (χ0v) is 24.0. The third kappa shape index (κ3) is 5.48. The lowest BCUT2D eigenvalue weighted by Crippen LogP contribution is -2.45. The fourth-order valence-electron chi connectivity index (χ4n) is 5.71. The van der Waals surface area contributed by atoms with E-state index in [1.165, 1.54) is 6.33 Å². The summed E-state index contributed by atoms with van der Waals surface area (Å²) < 4.78 is 19.0. The van der Waals surface area contributed by atoms with Crippen LogP contribution >= 0.6 is 0 Å². The van der Waals surface area contributed by atoms with Gasteiger partial charge in [0.05, 0.1) is 24.6 Å². The number of fused-ring (bicyclic) bond motifs is 3. The van der Waals surface area contributed by atoms with Crippen LogP contribution < -0.4 is 10.5 Å². The second-order valence-corrected chi connectivity index (χ2v) is 11.5. The van der Waals surface area contributed by atoms with Gasteiger partial charge in [0, 0.05) is 18.2 Å². The monoisotopic (exact) mass is 546 g/mol. The van der Waals surface area contributed by atoms with E-state index < -0.39 is 5.60 Å². The normalized spacial score (nSPS) is 21.2. The van der Waals surface area contributed by atoms with Crippen LogP contribution in [0, 0.1) is 5.92 Å². The van der Waals surface area contributed by atoms with Gasteiger partial charge in [-0.1, -0.05) is 6.92 Å². The van der Waals surface area contributed by atoms with Gasteiger partial charge in [-0.3, -0.25) is 0 Å². The molecule has 3 aromatic rings. The first-order chi connectivity index (χ1) is 19.1. The van der Waals surface area contributed by atoms with Gasteiger partial charge in [0.2, 0.25) is 0 Å². The largest absolute Gasteiger partial charge is 0.497 e. The summed E-state index contributed by atoms with van der Waals surface area (Å²) in [6.07, 6.45) is 7.74. The summed E-state index contributed by atoms with van der Waals surface area (Å²) >= 11 is 0. The van der Waals surface area contributed by atoms with E-state index in [-0.39, 0.29) is 18.2 Å². The molecule has 0 spiro atoms. The Morgan fingerprint density at radius 3 is 2.52 bits per heavy atom. The van der Waals surface area contributed by atoms with E-state index in [1.54, 1.807) is 7.11 Å². The molecular formula is C30H38N6O4. The van der Waals surface area contributed by atoms with Crippen LogP contribution in [0.4, 0.5) is 10.6 Å². The van der Waals surface area contributed by atoms with Crippen molar-refractivity contribution in [1.82, 2.24) is 24.6 Å². The molecule has 2 bridgehead atoms. The van der Waals surface area contributed by atoms with Crippen molar-refractivity contribution in [3.8, 4) is 17.0 Å². The molecule has 1 saturated carbocycles. The fourth-order valence-corrected chi connectivity index (χ4v) is 5.71. The van der Waals surface area contributed by atoms with Crippen molar-refractivity contribution >= 4 is 22.9 Å². The van der Waals surface area contributed by atoms with Gasteiger partial charge in [0.15, 0.2) is 5.65 Å². The highest BCUT2D eigenvalue weighted by atomic mass is 16.6. The lowest BCUT2D eigenvalue weighted by atomic mass is 10.1. The minimum atomic E-state index is -0.551. The average Bonchev–Trinajstić information content (AvgIpc) is 3.61. The van der Waals surface area contributed by atoms with Crippen molar-refractivity contribution in [3.63, 3.8) is 0 Å². The Balaban J connectivity index is 1.44. The number of carbonyl (C=O) groups is 1. The molecule has 2 aliphatic rings. The fraction of sp³-hybridized carbons (Fsp3) is 0.467. The molecular weight excluding hydrogens is 508 g/mol. The van der Waals surface area contributed by atoms with Crippen LogP contribution in [0.5, 0.6) is 5.75 Å². The number of likely N-dealkylation sites (tertiary alicyclic amines) is 1. The van der Waals surface area contributed by atoms with Crippen molar-refractivity contribution in [2.24, 2.45) is 5.92 Å². The maximum Gasteiger partial charge on any atom is 0.410 e. The van der Waals surface area contributed by atoms with Crippen LogP contribution in [0.2, 0.25) is 0 Å². The highest BCUT2D eigenvalue weighted by molar-refractivity contribution is 5.98. The minimum Gasteiger partial charge on any atom is -0.497 e. The molecule has 40 heavy (non-hydrogen) atoms. The van der Waals surface area contributed by atoms with Crippen molar-refractivity contribution in [2.45, 2.75) is 71.6 Å². The average molecular weight is 547 g/mol. The second-order valence-electron chi connectivity index (χ2n) is 11.5. The van der Waals surface area contributed by atoms with Gasteiger partial charge >= 0.3 is 6.09 Å². The summed E-state index contributed by atoms with van der Waals surface area (Å²) in [5.41, 5.74) is 8.05. The first-order valence-electron chi connectivity index (χ1n) is 13.8. The van der Waals surface area contributed by atoms with E-state index in [4.69, 9.17) is 25.0 Å². The first-order valence-corrected chi connectivity index (χ1v) is 13.8. The summed E-state index contributed by atoms with van der Waals surface area (Å²) in [5.74, 6) is 2.93. The Morgan fingerprint density at radius 2 is 1.88 bits per heavy atom. The third-order valence-electron chi connectivity index (χ3n) is 7.30. The summed E-state index contributed by atoms with van der Waals surface area (Å²) in [6, 6.07) is 7.65. The number of anilines is 1. The quantitative estimate of drug-likeness (QED) is 0.289. The summed E-state index contributed by atoms with van der Waals surface area (Å²) in [6.45, 7) is 10.3. The number of rotatable bonds is 7. The van der Waals surface area contributed by atoms with E-state index in [0.717, 1.165) is 30.6 Å². The van der Waals surface area contributed by atoms with Crippen LogP contribution in [0.15, 0.2) is 54.3 Å². The third-order valence-corrected chi connectivity index (χ3v) is 7.30. The van der Waals surface area contributed by atoms with Gasteiger partial charge in [-0.05, 0) is 83.2 Å². The molecule has 10 nitrogen and oxygen atoms in total. The number of piperidine rings is 1. The number of nitrogens with zero attached hydrogens (tertiary/aromatic N) is 5. The van der Waals surface area contributed by atoms with E-state index in [1.807, 2.05) is 73.7 Å². The lowest BCUT2D eigenvalue weighted by molar-refractivity contribution is 0.0135. The van der Waals surface area contributed by atoms with Gasteiger partial charge in [-0.25, -0.2) is 19.4 Å². The Labute approximate surface area is 234 Å². The van der Waals surface area contributed by atoms with E-state index in [0.29, 0.717) is 46.5 Å². The zero-order valence-electron chi connectivity index (χ0n) is 24.0. The van der Waals surface area contributed by atoms with Crippen LogP contribution in [-0.4, -0.2) is 56.0 Å². The van der Waals surface area contributed by atoms with E-state index in [9.17, 15) is 4.79 Å². The molecule has 2 fully saturated rings. The standard InChI is InChI=1S/C30H38N6O4/c1-7-8-22(38-6)13-18(2)39-21-11-9-20(10-12-21)26-25-27(31)32-17-33-28(25)36(34-26)24-15-19-14-23(24)35(16-19)29(37)40-30(3,4)5/h8-13,17,19,23-24H,7,14-16H2,1-6H3,(H2,31,32,33)/b18-13+,22-8+. The Kier molecular flexibility index (Phi) is 7.44. The minimum absolute atomic E-state index is 0.0173. The van der Waals surface area contributed by atoms with E-state index >= 15 is 0 Å². The molecule has 5 rings (SSSR count). The molecule has 1 amide bonds. The number of nitrogens with two attached hydrogens (primary N) is 1. The van der Waals surface area contributed by atoms with Crippen LogP contribution in [-0.2, 0) is 9.47 Å². The number of methoxy groups -OCH3 is 1. The number of carbonyl (C=O) groups excluding carboxylic acids is 1. The maximum atomic E-state index is 13.0. The highest BCUT2D eigenvalue weighted by Gasteiger charge is 2.49. The molecule has 1 saturated heterocycles. The van der Waals surface area contributed by atoms with Crippen molar-refractivity contribution in [3.05, 3.63) is 54.3 Å². The van der Waals surface area contributed by atoms with Gasteiger partial charge < -0.3 is 24.8 Å².